The average molecular weight is 621 g/mol. The molecule has 0 saturated carbocycles. The van der Waals surface area contributed by atoms with Crippen LogP contribution in [0.25, 0.3) is 0 Å². The highest BCUT2D eigenvalue weighted by Crippen LogP contribution is 2.14. The molecule has 0 aromatic heterocycles. The summed E-state index contributed by atoms with van der Waals surface area (Å²) >= 11 is 0. The Morgan fingerprint density at radius 3 is 1.05 bits per heavy atom. The third-order valence-corrected chi connectivity index (χ3v) is 8.57. The van der Waals surface area contributed by atoms with Crippen molar-refractivity contribution in [3.05, 3.63) is 12.2 Å². The van der Waals surface area contributed by atoms with Crippen LogP contribution in [0.2, 0.25) is 0 Å². The highest BCUT2D eigenvalue weighted by Gasteiger charge is 1.99. The first-order valence-electron chi connectivity index (χ1n) is 19.8. The highest BCUT2D eigenvalue weighted by molar-refractivity contribution is 5.75. The topological polar surface area (TPSA) is 72.2 Å². The van der Waals surface area contributed by atoms with Crippen LogP contribution in [0.4, 0.5) is 0 Å². The molecule has 2 amide bonds. The van der Waals surface area contributed by atoms with Crippen molar-refractivity contribution >= 4 is 11.8 Å². The van der Waals surface area contributed by atoms with E-state index in [0.717, 1.165) is 25.8 Å². The molecule has 0 unspecified atom stereocenters. The highest BCUT2D eigenvalue weighted by atomic mass is 16.1. The Morgan fingerprint density at radius 1 is 0.432 bits per heavy atom. The van der Waals surface area contributed by atoms with Gasteiger partial charge in [-0.15, -0.1) is 0 Å². The summed E-state index contributed by atoms with van der Waals surface area (Å²) in [6, 6.07) is 0. The summed E-state index contributed by atoms with van der Waals surface area (Å²) < 4.78 is 0. The second kappa shape index (κ2) is 41.7. The molecule has 0 bridgehead atoms. The van der Waals surface area contributed by atoms with E-state index in [0.29, 0.717) is 12.8 Å². The Morgan fingerprint density at radius 2 is 0.727 bits per heavy atom. The Balaban J connectivity index is 0. The number of primary amides is 1. The molecule has 0 aromatic carbocycles. The molecule has 0 aliphatic carbocycles. The van der Waals surface area contributed by atoms with Crippen molar-refractivity contribution < 1.29 is 9.59 Å². The van der Waals surface area contributed by atoms with Gasteiger partial charge in [0.25, 0.3) is 0 Å². The largest absolute Gasteiger partial charge is 0.370 e. The first-order chi connectivity index (χ1) is 21.6. The molecule has 0 saturated heterocycles. The van der Waals surface area contributed by atoms with Gasteiger partial charge in [0, 0.05) is 19.4 Å². The summed E-state index contributed by atoms with van der Waals surface area (Å²) in [5, 5.41) is 2.85. The van der Waals surface area contributed by atoms with Crippen LogP contribution in [0.5, 0.6) is 0 Å². The van der Waals surface area contributed by atoms with Crippen molar-refractivity contribution in [2.45, 2.75) is 226 Å². The van der Waals surface area contributed by atoms with Crippen LogP contribution in [0.15, 0.2) is 12.2 Å². The number of carbonyl (C=O) groups excluding carboxylic acids is 2. The lowest BCUT2D eigenvalue weighted by molar-refractivity contribution is -0.121. The van der Waals surface area contributed by atoms with E-state index >= 15 is 0 Å². The molecule has 0 rings (SSSR count). The molecule has 4 heteroatoms. The molecule has 0 atom stereocenters. The lowest BCUT2D eigenvalue weighted by Crippen LogP contribution is -2.21. The van der Waals surface area contributed by atoms with Gasteiger partial charge >= 0.3 is 0 Å². The minimum Gasteiger partial charge on any atom is -0.370 e. The van der Waals surface area contributed by atoms with Crippen LogP contribution in [0.1, 0.15) is 226 Å². The van der Waals surface area contributed by atoms with Crippen molar-refractivity contribution in [3.8, 4) is 0 Å². The molecule has 0 fully saturated rings. The van der Waals surface area contributed by atoms with Gasteiger partial charge in [0.05, 0.1) is 0 Å². The van der Waals surface area contributed by atoms with E-state index in [2.05, 4.69) is 31.3 Å². The van der Waals surface area contributed by atoms with Crippen LogP contribution in [0.3, 0.4) is 0 Å². The number of hydrogen-bond donors (Lipinski definition) is 2. The molecule has 0 aliphatic rings. The van der Waals surface area contributed by atoms with Crippen molar-refractivity contribution in [2.24, 2.45) is 5.73 Å². The zero-order chi connectivity index (χ0) is 32.6. The van der Waals surface area contributed by atoms with Crippen molar-refractivity contribution in [1.29, 1.82) is 0 Å². The van der Waals surface area contributed by atoms with Gasteiger partial charge in [-0.05, 0) is 45.4 Å². The standard InChI is InChI=1S/C22H43NO.C18H37NO/c1-2-3-4-5-6-7-8-9-10-11-12-13-14-15-16-17-18-19-20-21-22(23)24;1-3-5-6-7-8-9-10-11-12-13-14-15-16-17-18(20)19-4-2/h9-10H,2-8,11-21H2,1H3,(H2,23,24);3-17H2,1-2H3,(H,19,20)/b10-9-;. The first kappa shape index (κ1) is 44.8. The fourth-order valence-electron chi connectivity index (χ4n) is 5.67. The smallest absolute Gasteiger partial charge is 0.219 e. The van der Waals surface area contributed by atoms with Crippen LogP contribution >= 0.6 is 0 Å². The van der Waals surface area contributed by atoms with Gasteiger partial charge in [0.2, 0.25) is 11.8 Å². The molecular weight excluding hydrogens is 540 g/mol. The van der Waals surface area contributed by atoms with Crippen LogP contribution in [0, 0.1) is 0 Å². The molecule has 0 heterocycles. The average Bonchev–Trinajstić information content (AvgIpc) is 3.01. The normalized spacial score (nSPS) is 11.1. The molecule has 4 nitrogen and oxygen atoms in total. The molecule has 3 N–H and O–H groups in total. The summed E-state index contributed by atoms with van der Waals surface area (Å²) in [6.07, 6.45) is 46.2. The molecule has 0 aliphatic heterocycles. The Labute approximate surface area is 277 Å². The number of hydrogen-bond acceptors (Lipinski definition) is 2. The quantitative estimate of drug-likeness (QED) is 0.0555. The predicted octanol–water partition coefficient (Wildman–Crippen LogP) is 12.7. The maximum absolute atomic E-state index is 11.2. The van der Waals surface area contributed by atoms with E-state index in [-0.39, 0.29) is 11.8 Å². The second-order valence-corrected chi connectivity index (χ2v) is 13.2. The van der Waals surface area contributed by atoms with Gasteiger partial charge in [0.15, 0.2) is 0 Å². The van der Waals surface area contributed by atoms with Crippen molar-refractivity contribution in [1.82, 2.24) is 5.32 Å². The van der Waals surface area contributed by atoms with E-state index in [4.69, 9.17) is 5.73 Å². The summed E-state index contributed by atoms with van der Waals surface area (Å²) in [5.74, 6) is 0.0617. The van der Waals surface area contributed by atoms with Gasteiger partial charge in [0.1, 0.15) is 0 Å². The predicted molar refractivity (Wildman–Crippen MR) is 196 cm³/mol. The van der Waals surface area contributed by atoms with Gasteiger partial charge in [-0.1, -0.05) is 180 Å². The van der Waals surface area contributed by atoms with Gasteiger partial charge in [-0.2, -0.15) is 0 Å². The number of unbranched alkanes of at least 4 members (excludes halogenated alkanes) is 27. The fraction of sp³-hybridized carbons (Fsp3) is 0.900. The molecule has 262 valence electrons. The van der Waals surface area contributed by atoms with Crippen molar-refractivity contribution in [3.63, 3.8) is 0 Å². The van der Waals surface area contributed by atoms with Gasteiger partial charge in [-0.3, -0.25) is 9.59 Å². The van der Waals surface area contributed by atoms with Gasteiger partial charge in [-0.25, -0.2) is 0 Å². The SMILES string of the molecule is CCCCCCCC/C=C\CCCCCCCCCCCC(N)=O.CCCCCCCCCCCCCCCC(=O)NCC. The van der Waals surface area contributed by atoms with E-state index in [1.165, 1.54) is 173 Å². The summed E-state index contributed by atoms with van der Waals surface area (Å²) in [4.78, 5) is 21.8. The second-order valence-electron chi connectivity index (χ2n) is 13.2. The number of allylic oxidation sites excluding steroid dienone is 2. The molecule has 44 heavy (non-hydrogen) atoms. The zero-order valence-corrected chi connectivity index (χ0v) is 30.4. The summed E-state index contributed by atoms with van der Waals surface area (Å²) in [5.41, 5.74) is 5.13. The Bertz CT molecular complexity index is 590. The lowest BCUT2D eigenvalue weighted by atomic mass is 10.0. The number of nitrogens with two attached hydrogens (primary N) is 1. The van der Waals surface area contributed by atoms with Crippen LogP contribution in [-0.4, -0.2) is 18.4 Å². The van der Waals surface area contributed by atoms with E-state index in [1.54, 1.807) is 0 Å². The molecule has 0 spiro atoms. The van der Waals surface area contributed by atoms with E-state index in [9.17, 15) is 9.59 Å². The van der Waals surface area contributed by atoms with E-state index < -0.39 is 0 Å². The number of rotatable bonds is 34. The Hall–Kier alpha value is -1.32. The third kappa shape index (κ3) is 45.1. The number of nitrogens with one attached hydrogen (secondary N) is 1. The minimum absolute atomic E-state index is 0.156. The summed E-state index contributed by atoms with van der Waals surface area (Å²) in [6.45, 7) is 7.28. The zero-order valence-electron chi connectivity index (χ0n) is 30.4. The van der Waals surface area contributed by atoms with Crippen molar-refractivity contribution in [2.75, 3.05) is 6.54 Å². The fourth-order valence-corrected chi connectivity index (χ4v) is 5.67. The van der Waals surface area contributed by atoms with Gasteiger partial charge < -0.3 is 11.1 Å². The van der Waals surface area contributed by atoms with Crippen LogP contribution < -0.4 is 11.1 Å². The van der Waals surface area contributed by atoms with Crippen LogP contribution in [-0.2, 0) is 9.59 Å². The molecular formula is C40H80N2O2. The Kier molecular flexibility index (Phi) is 42.4. The number of carbonyl (C=O) groups is 2. The monoisotopic (exact) mass is 621 g/mol. The first-order valence-corrected chi connectivity index (χ1v) is 19.8. The third-order valence-electron chi connectivity index (χ3n) is 8.57. The van der Waals surface area contributed by atoms with E-state index in [1.807, 2.05) is 6.92 Å². The number of amides is 2. The molecule has 0 aromatic rings. The maximum atomic E-state index is 11.2. The summed E-state index contributed by atoms with van der Waals surface area (Å²) in [7, 11) is 0. The maximum Gasteiger partial charge on any atom is 0.219 e. The lowest BCUT2D eigenvalue weighted by Gasteiger charge is -2.03. The molecule has 0 radical (unpaired) electrons. The minimum atomic E-state index is -0.156.